The van der Waals surface area contributed by atoms with Crippen LogP contribution in [0.1, 0.15) is 25.8 Å². The monoisotopic (exact) mass is 405 g/mol. The SMILES string of the molecule is CC.COC(=O)C1CC2C(=O)N(C)C(=BC#N)NC2(c2ccc(F)cc2F)CO1. The molecule has 0 spiro atoms. The zero-order valence-electron chi connectivity index (χ0n) is 16.7. The Morgan fingerprint density at radius 1 is 1.45 bits per heavy atom. The summed E-state index contributed by atoms with van der Waals surface area (Å²) < 4.78 is 38.3. The van der Waals surface area contributed by atoms with E-state index >= 15 is 0 Å². The van der Waals surface area contributed by atoms with Gasteiger partial charge in [0.05, 0.1) is 0 Å². The zero-order chi connectivity index (χ0) is 21.8. The Kier molecular flexibility index (Phi) is 7.09. The van der Waals surface area contributed by atoms with Crippen molar-refractivity contribution in [2.24, 2.45) is 5.92 Å². The molecule has 1 aromatic carbocycles. The number of nitrogens with one attached hydrogen (secondary N) is 1. The predicted octanol–water partition coefficient (Wildman–Crippen LogP) is 1.10. The second kappa shape index (κ2) is 9.14. The van der Waals surface area contributed by atoms with Crippen molar-refractivity contribution in [3.63, 3.8) is 0 Å². The Hall–Kier alpha value is -2.80. The van der Waals surface area contributed by atoms with Gasteiger partial charge in [0, 0.05) is 0 Å². The Labute approximate surface area is 168 Å². The predicted molar refractivity (Wildman–Crippen MR) is 102 cm³/mol. The molecule has 2 aliphatic heterocycles. The van der Waals surface area contributed by atoms with Crippen molar-refractivity contribution in [2.75, 3.05) is 20.8 Å². The number of carbonyl (C=O) groups excluding carboxylic acids is 2. The summed E-state index contributed by atoms with van der Waals surface area (Å²) in [5.74, 6) is -1.75. The van der Waals surface area contributed by atoms with Crippen LogP contribution in [0, 0.1) is 28.8 Å². The number of nitriles is 1. The minimum absolute atomic E-state index is 0.0162. The van der Waals surface area contributed by atoms with Crippen LogP contribution in [-0.4, -0.2) is 56.3 Å². The molecule has 154 valence electrons. The van der Waals surface area contributed by atoms with E-state index in [1.807, 2.05) is 19.8 Å². The zero-order valence-corrected chi connectivity index (χ0v) is 16.7. The standard InChI is InChI=1S/C17H16BF2N3O4.C2H6/c1-23-14(24)11-6-13(15(25)26-2)27-7-17(11,22-16(23)18-8-21)10-4-3-9(19)5-12(10)20;1-2/h3-5,11,13,22H,6-7H2,1-2H3;1-2H3. The maximum absolute atomic E-state index is 14.6. The number of fused-ring (bicyclic) bond motifs is 1. The van der Waals surface area contributed by atoms with Gasteiger partial charge in [0.2, 0.25) is 0 Å². The molecule has 2 fully saturated rings. The van der Waals surface area contributed by atoms with Crippen molar-refractivity contribution >= 4 is 24.5 Å². The molecule has 2 heterocycles. The molecule has 3 rings (SSSR count). The van der Waals surface area contributed by atoms with Gasteiger partial charge < -0.3 is 0 Å². The van der Waals surface area contributed by atoms with Crippen molar-refractivity contribution in [1.29, 1.82) is 5.26 Å². The third-order valence-electron chi connectivity index (χ3n) is 4.98. The summed E-state index contributed by atoms with van der Waals surface area (Å²) in [5, 5.41) is 12.0. The van der Waals surface area contributed by atoms with Gasteiger partial charge in [0.25, 0.3) is 0 Å². The van der Waals surface area contributed by atoms with Crippen LogP contribution < -0.4 is 5.32 Å². The summed E-state index contributed by atoms with van der Waals surface area (Å²) in [6.07, 6.45) is -1.04. The number of nitrogens with zero attached hydrogens (tertiary/aromatic N) is 2. The molecule has 29 heavy (non-hydrogen) atoms. The molecule has 0 aromatic heterocycles. The maximum atomic E-state index is 14.6. The van der Waals surface area contributed by atoms with Gasteiger partial charge in [-0.1, -0.05) is 13.8 Å². The van der Waals surface area contributed by atoms with Crippen LogP contribution in [0.4, 0.5) is 8.78 Å². The van der Waals surface area contributed by atoms with Crippen LogP contribution in [0.2, 0.25) is 0 Å². The molecule has 1 aromatic rings. The van der Waals surface area contributed by atoms with Gasteiger partial charge in [-0.05, 0) is 0 Å². The van der Waals surface area contributed by atoms with Gasteiger partial charge in [-0.2, -0.15) is 0 Å². The van der Waals surface area contributed by atoms with Gasteiger partial charge in [-0.15, -0.1) is 0 Å². The molecule has 2 saturated heterocycles. The molecule has 0 aliphatic carbocycles. The molecule has 1 N–H and O–H groups in total. The second-order valence-electron chi connectivity index (χ2n) is 6.39. The van der Waals surface area contributed by atoms with Crippen molar-refractivity contribution in [3.8, 4) is 5.97 Å². The first-order chi connectivity index (χ1) is 13.8. The van der Waals surface area contributed by atoms with E-state index in [1.54, 1.807) is 0 Å². The summed E-state index contributed by atoms with van der Waals surface area (Å²) in [5.41, 5.74) is -1.22. The number of benzene rings is 1. The number of methoxy groups -OCH3 is 1. The summed E-state index contributed by atoms with van der Waals surface area (Å²) in [7, 11) is 2.67. The molecule has 2 aliphatic rings. The third-order valence-corrected chi connectivity index (χ3v) is 4.98. The molecule has 0 bridgehead atoms. The Balaban J connectivity index is 0.00000145. The van der Waals surface area contributed by atoms with Gasteiger partial charge in [0.1, 0.15) is 0 Å². The second-order valence-corrected chi connectivity index (χ2v) is 6.39. The number of hydrogen-bond acceptors (Lipinski definition) is 6. The van der Waals surface area contributed by atoms with Crippen LogP contribution >= 0.6 is 0 Å². The van der Waals surface area contributed by atoms with Crippen LogP contribution in [0.25, 0.3) is 0 Å². The molecule has 3 unspecified atom stereocenters. The Morgan fingerprint density at radius 3 is 2.72 bits per heavy atom. The first-order valence-electron chi connectivity index (χ1n) is 9.14. The number of amides is 1. The molecular formula is C19H22BF2N3O4. The number of rotatable bonds is 2. The fraction of sp³-hybridized carbons (Fsp3) is 0.474. The minimum atomic E-state index is -1.39. The Bertz CT molecular complexity index is 874. The van der Waals surface area contributed by atoms with Crippen LogP contribution in [0.15, 0.2) is 18.2 Å². The first-order valence-corrected chi connectivity index (χ1v) is 9.14. The van der Waals surface area contributed by atoms with Crippen molar-refractivity contribution < 1.29 is 27.8 Å². The van der Waals surface area contributed by atoms with Crippen LogP contribution in [0.3, 0.4) is 0 Å². The molecule has 0 radical (unpaired) electrons. The van der Waals surface area contributed by atoms with E-state index in [-0.39, 0.29) is 24.3 Å². The van der Waals surface area contributed by atoms with Crippen molar-refractivity contribution in [1.82, 2.24) is 10.2 Å². The number of carbonyl (C=O) groups is 2. The van der Waals surface area contributed by atoms with Crippen LogP contribution in [-0.2, 0) is 24.6 Å². The quantitative estimate of drug-likeness (QED) is 0.586. The topological polar surface area (TPSA) is 91.7 Å². The van der Waals surface area contributed by atoms with Gasteiger partial charge in [-0.3, -0.25) is 0 Å². The summed E-state index contributed by atoms with van der Waals surface area (Å²) >= 11 is 0. The van der Waals surface area contributed by atoms with Crippen LogP contribution in [0.5, 0.6) is 0 Å². The summed E-state index contributed by atoms with van der Waals surface area (Å²) in [4.78, 5) is 26.1. The van der Waals surface area contributed by atoms with Crippen molar-refractivity contribution in [3.05, 3.63) is 35.4 Å². The van der Waals surface area contributed by atoms with Gasteiger partial charge >= 0.3 is 154 Å². The summed E-state index contributed by atoms with van der Waals surface area (Å²) in [6.45, 7) is 4.87. The fourth-order valence-corrected chi connectivity index (χ4v) is 3.59. The summed E-state index contributed by atoms with van der Waals surface area (Å²) in [6, 6.07) is 3.02. The number of ether oxygens (including phenoxy) is 2. The van der Waals surface area contributed by atoms with E-state index in [2.05, 4.69) is 10.1 Å². The number of hydrogen-bond donors (Lipinski definition) is 1. The van der Waals surface area contributed by atoms with E-state index < -0.39 is 41.1 Å². The average Bonchev–Trinajstić information content (AvgIpc) is 2.72. The van der Waals surface area contributed by atoms with E-state index in [4.69, 9.17) is 10.00 Å². The van der Waals surface area contributed by atoms with E-state index in [0.29, 0.717) is 6.07 Å². The number of esters is 1. The van der Waals surface area contributed by atoms with Crippen molar-refractivity contribution in [2.45, 2.75) is 31.9 Å². The molecule has 7 nitrogen and oxygen atoms in total. The Morgan fingerprint density at radius 2 is 2.14 bits per heavy atom. The molecular weight excluding hydrogens is 383 g/mol. The molecule has 10 heteroatoms. The van der Waals surface area contributed by atoms with E-state index in [1.165, 1.54) is 25.1 Å². The number of halogens is 2. The fourth-order valence-electron chi connectivity index (χ4n) is 3.59. The van der Waals surface area contributed by atoms with Gasteiger partial charge in [0.15, 0.2) is 0 Å². The van der Waals surface area contributed by atoms with E-state index in [0.717, 1.165) is 13.0 Å². The first kappa shape index (κ1) is 22.5. The molecule has 0 saturated carbocycles. The third kappa shape index (κ3) is 4.01. The van der Waals surface area contributed by atoms with E-state index in [9.17, 15) is 18.4 Å². The molecule has 1 amide bonds. The average molecular weight is 405 g/mol. The normalized spacial score (nSPS) is 26.9. The molecule has 3 atom stereocenters. The van der Waals surface area contributed by atoms with Gasteiger partial charge in [-0.25, -0.2) is 0 Å².